The highest BCUT2D eigenvalue weighted by Gasteiger charge is 2.22. The van der Waals surface area contributed by atoms with Gasteiger partial charge >= 0.3 is 5.69 Å². The number of aliphatic hydroxyl groups excluding tert-OH is 1. The van der Waals surface area contributed by atoms with Gasteiger partial charge in [-0.2, -0.15) is 0 Å². The summed E-state index contributed by atoms with van der Waals surface area (Å²) in [6.45, 7) is 4.65. The van der Waals surface area contributed by atoms with Gasteiger partial charge in [0.15, 0.2) is 0 Å². The summed E-state index contributed by atoms with van der Waals surface area (Å²) in [5.41, 5.74) is -0.171. The first-order valence-corrected chi connectivity index (χ1v) is 6.25. The van der Waals surface area contributed by atoms with Crippen molar-refractivity contribution in [1.82, 2.24) is 9.97 Å². The molecule has 1 rings (SSSR count). The van der Waals surface area contributed by atoms with Gasteiger partial charge in [0.2, 0.25) is 11.6 Å². The molecule has 0 saturated carbocycles. The van der Waals surface area contributed by atoms with Gasteiger partial charge in [-0.15, -0.1) is 0 Å². The summed E-state index contributed by atoms with van der Waals surface area (Å²) < 4.78 is 0. The van der Waals surface area contributed by atoms with E-state index in [2.05, 4.69) is 20.6 Å². The molecular formula is C11H19N5O3. The third-order valence-electron chi connectivity index (χ3n) is 2.59. The Bertz CT molecular complexity index is 427. The quantitative estimate of drug-likeness (QED) is 0.482. The van der Waals surface area contributed by atoms with Gasteiger partial charge in [0.05, 0.1) is 11.0 Å². The van der Waals surface area contributed by atoms with E-state index < -0.39 is 11.0 Å². The second-order valence-corrected chi connectivity index (χ2v) is 3.98. The fourth-order valence-electron chi connectivity index (χ4n) is 1.54. The molecule has 0 radical (unpaired) electrons. The predicted octanol–water partition coefficient (Wildman–Crippen LogP) is 1.39. The summed E-state index contributed by atoms with van der Waals surface area (Å²) in [6, 6.07) is 0. The van der Waals surface area contributed by atoms with E-state index >= 15 is 0 Å². The second-order valence-electron chi connectivity index (χ2n) is 3.98. The van der Waals surface area contributed by atoms with Crippen LogP contribution in [0.25, 0.3) is 0 Å². The highest BCUT2D eigenvalue weighted by Crippen LogP contribution is 2.28. The molecule has 0 saturated heterocycles. The SMILES string of the molecule is CCNc1ncnc(NCCC(O)CC)c1[N+](=O)[O-]. The lowest BCUT2D eigenvalue weighted by molar-refractivity contribution is -0.383. The Labute approximate surface area is 111 Å². The van der Waals surface area contributed by atoms with E-state index in [9.17, 15) is 15.2 Å². The van der Waals surface area contributed by atoms with E-state index in [1.807, 2.05) is 13.8 Å². The predicted molar refractivity (Wildman–Crippen MR) is 72.3 cm³/mol. The van der Waals surface area contributed by atoms with Gasteiger partial charge in [-0.05, 0) is 19.8 Å². The van der Waals surface area contributed by atoms with Crippen molar-refractivity contribution >= 4 is 17.3 Å². The van der Waals surface area contributed by atoms with Crippen molar-refractivity contribution < 1.29 is 10.0 Å². The Morgan fingerprint density at radius 2 is 2.00 bits per heavy atom. The van der Waals surface area contributed by atoms with Crippen molar-refractivity contribution in [3.8, 4) is 0 Å². The summed E-state index contributed by atoms with van der Waals surface area (Å²) in [7, 11) is 0. The van der Waals surface area contributed by atoms with E-state index in [0.717, 1.165) is 0 Å². The van der Waals surface area contributed by atoms with E-state index in [1.165, 1.54) is 6.33 Å². The van der Waals surface area contributed by atoms with Gasteiger partial charge in [0, 0.05) is 13.1 Å². The highest BCUT2D eigenvalue weighted by atomic mass is 16.6. The molecule has 1 atom stereocenters. The molecular weight excluding hydrogens is 250 g/mol. The first kappa shape index (κ1) is 15.1. The normalized spacial score (nSPS) is 11.9. The first-order chi connectivity index (χ1) is 9.10. The maximum atomic E-state index is 11.1. The van der Waals surface area contributed by atoms with Crippen LogP contribution in [0.15, 0.2) is 6.33 Å². The number of aliphatic hydroxyl groups is 1. The fourth-order valence-corrected chi connectivity index (χ4v) is 1.54. The van der Waals surface area contributed by atoms with Crippen molar-refractivity contribution in [3.05, 3.63) is 16.4 Å². The molecule has 0 aromatic carbocycles. The summed E-state index contributed by atoms with van der Waals surface area (Å²) in [4.78, 5) is 18.3. The number of nitrogens with one attached hydrogen (secondary N) is 2. The van der Waals surface area contributed by atoms with Crippen LogP contribution in [-0.2, 0) is 0 Å². The van der Waals surface area contributed by atoms with Gasteiger partial charge in [0.25, 0.3) is 0 Å². The minimum absolute atomic E-state index is 0.166. The molecule has 0 bridgehead atoms. The summed E-state index contributed by atoms with van der Waals surface area (Å²) >= 11 is 0. The lowest BCUT2D eigenvalue weighted by Crippen LogP contribution is -2.15. The first-order valence-electron chi connectivity index (χ1n) is 6.25. The minimum Gasteiger partial charge on any atom is -0.393 e. The highest BCUT2D eigenvalue weighted by molar-refractivity contribution is 5.69. The number of rotatable bonds is 8. The van der Waals surface area contributed by atoms with Crippen molar-refractivity contribution in [1.29, 1.82) is 0 Å². The van der Waals surface area contributed by atoms with Gasteiger partial charge < -0.3 is 15.7 Å². The summed E-state index contributed by atoms with van der Waals surface area (Å²) in [6.07, 6.45) is 2.01. The van der Waals surface area contributed by atoms with Crippen LogP contribution >= 0.6 is 0 Å². The van der Waals surface area contributed by atoms with Crippen LogP contribution in [0.3, 0.4) is 0 Å². The second kappa shape index (κ2) is 7.47. The molecule has 0 amide bonds. The molecule has 0 fully saturated rings. The Balaban J connectivity index is 2.81. The van der Waals surface area contributed by atoms with Gasteiger partial charge in [-0.3, -0.25) is 10.1 Å². The van der Waals surface area contributed by atoms with E-state index in [-0.39, 0.29) is 17.3 Å². The van der Waals surface area contributed by atoms with E-state index in [1.54, 1.807) is 0 Å². The Hall–Kier alpha value is -1.96. The van der Waals surface area contributed by atoms with Crippen molar-refractivity contribution in [3.63, 3.8) is 0 Å². The fraction of sp³-hybridized carbons (Fsp3) is 0.636. The van der Waals surface area contributed by atoms with Crippen LogP contribution in [0, 0.1) is 10.1 Å². The monoisotopic (exact) mass is 269 g/mol. The molecule has 106 valence electrons. The Kier molecular flexibility index (Phi) is 5.94. The summed E-state index contributed by atoms with van der Waals surface area (Å²) in [5, 5.41) is 26.2. The van der Waals surface area contributed by atoms with Crippen LogP contribution in [0.5, 0.6) is 0 Å². The number of nitro groups is 1. The zero-order valence-corrected chi connectivity index (χ0v) is 11.1. The van der Waals surface area contributed by atoms with E-state index in [4.69, 9.17) is 0 Å². The number of hydrogen-bond acceptors (Lipinski definition) is 7. The average Bonchev–Trinajstić information content (AvgIpc) is 2.38. The molecule has 3 N–H and O–H groups in total. The summed E-state index contributed by atoms with van der Waals surface area (Å²) in [5.74, 6) is 0.361. The van der Waals surface area contributed by atoms with Crippen molar-refractivity contribution in [2.24, 2.45) is 0 Å². The standard InChI is InChI=1S/C11H19N5O3/c1-3-8(17)5-6-13-11-9(16(18)19)10(12-4-2)14-7-15-11/h7-8,17H,3-6H2,1-2H3,(H2,12,13,14,15). The van der Waals surface area contributed by atoms with Crippen LogP contribution < -0.4 is 10.6 Å². The Morgan fingerprint density at radius 1 is 1.37 bits per heavy atom. The molecule has 8 nitrogen and oxygen atoms in total. The third kappa shape index (κ3) is 4.32. The number of hydrogen-bond donors (Lipinski definition) is 3. The Morgan fingerprint density at radius 3 is 2.53 bits per heavy atom. The molecule has 0 aliphatic rings. The van der Waals surface area contributed by atoms with Crippen LogP contribution in [-0.4, -0.2) is 39.2 Å². The van der Waals surface area contributed by atoms with E-state index in [0.29, 0.717) is 25.9 Å². The van der Waals surface area contributed by atoms with Crippen LogP contribution in [0.2, 0.25) is 0 Å². The average molecular weight is 269 g/mol. The van der Waals surface area contributed by atoms with Gasteiger partial charge in [0.1, 0.15) is 6.33 Å². The molecule has 1 heterocycles. The number of anilines is 2. The maximum absolute atomic E-state index is 11.1. The molecule has 0 aliphatic heterocycles. The molecule has 1 aromatic heterocycles. The third-order valence-corrected chi connectivity index (χ3v) is 2.59. The molecule has 19 heavy (non-hydrogen) atoms. The van der Waals surface area contributed by atoms with Gasteiger partial charge in [-0.25, -0.2) is 9.97 Å². The minimum atomic E-state index is -0.517. The van der Waals surface area contributed by atoms with Crippen molar-refractivity contribution in [2.45, 2.75) is 32.8 Å². The smallest absolute Gasteiger partial charge is 0.353 e. The zero-order valence-electron chi connectivity index (χ0n) is 11.1. The maximum Gasteiger partial charge on any atom is 0.353 e. The largest absolute Gasteiger partial charge is 0.393 e. The van der Waals surface area contributed by atoms with Crippen LogP contribution in [0.4, 0.5) is 17.3 Å². The molecule has 1 aromatic rings. The molecule has 0 aliphatic carbocycles. The lowest BCUT2D eigenvalue weighted by Gasteiger charge is -2.10. The lowest BCUT2D eigenvalue weighted by atomic mass is 10.2. The molecule has 8 heteroatoms. The number of nitrogens with zero attached hydrogens (tertiary/aromatic N) is 3. The molecule has 1 unspecified atom stereocenters. The van der Waals surface area contributed by atoms with Gasteiger partial charge in [-0.1, -0.05) is 6.92 Å². The number of aromatic nitrogens is 2. The van der Waals surface area contributed by atoms with Crippen LogP contribution in [0.1, 0.15) is 26.7 Å². The van der Waals surface area contributed by atoms with Crippen molar-refractivity contribution in [2.75, 3.05) is 23.7 Å². The topological polar surface area (TPSA) is 113 Å². The zero-order chi connectivity index (χ0) is 14.3. The molecule has 0 spiro atoms.